The average molecular weight is 356 g/mol. The maximum absolute atomic E-state index is 13.0. The van der Waals surface area contributed by atoms with Crippen LogP contribution in [0.3, 0.4) is 0 Å². The van der Waals surface area contributed by atoms with Crippen molar-refractivity contribution in [1.82, 2.24) is 20.1 Å². The van der Waals surface area contributed by atoms with Crippen LogP contribution in [0, 0.1) is 5.82 Å². The van der Waals surface area contributed by atoms with Crippen molar-refractivity contribution in [3.8, 4) is 0 Å². The van der Waals surface area contributed by atoms with Crippen LogP contribution in [0.5, 0.6) is 0 Å². The molecule has 1 N–H and O–H groups in total. The molecule has 1 aromatic carbocycles. The Balaban J connectivity index is 1.43. The lowest BCUT2D eigenvalue weighted by Gasteiger charge is -2.18. The Morgan fingerprint density at radius 1 is 1.12 bits per heavy atom. The first-order valence-electron chi connectivity index (χ1n) is 8.57. The summed E-state index contributed by atoms with van der Waals surface area (Å²) < 4.78 is 13.0. The van der Waals surface area contributed by atoms with Crippen LogP contribution in [0.25, 0.3) is 0 Å². The van der Waals surface area contributed by atoms with Crippen molar-refractivity contribution in [1.29, 1.82) is 0 Å². The van der Waals surface area contributed by atoms with Crippen molar-refractivity contribution in [2.24, 2.45) is 0 Å². The number of amides is 3. The van der Waals surface area contributed by atoms with Gasteiger partial charge in [0.1, 0.15) is 12.4 Å². The van der Waals surface area contributed by atoms with E-state index in [1.54, 1.807) is 23.2 Å². The molecular weight excluding hydrogens is 335 g/mol. The molecule has 6 nitrogen and oxygen atoms in total. The molecule has 0 aliphatic carbocycles. The second kappa shape index (κ2) is 8.42. The number of hydrogen-bond acceptors (Lipinski definition) is 3. The predicted octanol–water partition coefficient (Wildman–Crippen LogP) is 1.82. The fourth-order valence-corrected chi connectivity index (χ4v) is 2.84. The lowest BCUT2D eigenvalue weighted by Crippen LogP contribution is -2.40. The third-order valence-corrected chi connectivity index (χ3v) is 4.23. The van der Waals surface area contributed by atoms with Crippen molar-refractivity contribution in [3.05, 3.63) is 65.7 Å². The molecule has 0 atom stereocenters. The Morgan fingerprint density at radius 2 is 1.88 bits per heavy atom. The van der Waals surface area contributed by atoms with Crippen LogP contribution < -0.4 is 5.32 Å². The average Bonchev–Trinajstić information content (AvgIpc) is 2.98. The van der Waals surface area contributed by atoms with Crippen LogP contribution in [0.15, 0.2) is 48.7 Å². The summed E-state index contributed by atoms with van der Waals surface area (Å²) in [5.74, 6) is -0.483. The topological polar surface area (TPSA) is 65.5 Å². The van der Waals surface area contributed by atoms with Gasteiger partial charge in [0, 0.05) is 44.5 Å². The Morgan fingerprint density at radius 3 is 2.62 bits per heavy atom. The van der Waals surface area contributed by atoms with Gasteiger partial charge in [-0.25, -0.2) is 9.18 Å². The summed E-state index contributed by atoms with van der Waals surface area (Å²) in [5, 5.41) is 2.82. The molecule has 0 bridgehead atoms. The Labute approximate surface area is 151 Å². The van der Waals surface area contributed by atoms with E-state index in [4.69, 9.17) is 0 Å². The monoisotopic (exact) mass is 356 g/mol. The van der Waals surface area contributed by atoms with E-state index in [9.17, 15) is 14.0 Å². The summed E-state index contributed by atoms with van der Waals surface area (Å²) in [6.45, 7) is 2.00. The molecule has 3 rings (SSSR count). The van der Waals surface area contributed by atoms with Crippen molar-refractivity contribution >= 4 is 11.9 Å². The Hall–Kier alpha value is -2.96. The van der Waals surface area contributed by atoms with Gasteiger partial charge in [-0.2, -0.15) is 0 Å². The number of benzene rings is 1. The largest absolute Gasteiger partial charge is 0.354 e. The van der Waals surface area contributed by atoms with Crippen LogP contribution >= 0.6 is 0 Å². The number of urea groups is 1. The zero-order valence-electron chi connectivity index (χ0n) is 14.4. The van der Waals surface area contributed by atoms with Crippen molar-refractivity contribution in [2.45, 2.75) is 13.0 Å². The summed E-state index contributed by atoms with van der Waals surface area (Å²) >= 11 is 0. The Kier molecular flexibility index (Phi) is 5.78. The molecule has 0 radical (unpaired) electrons. The number of halogens is 1. The lowest BCUT2D eigenvalue weighted by atomic mass is 10.2. The highest BCUT2D eigenvalue weighted by molar-refractivity contribution is 5.85. The summed E-state index contributed by atoms with van der Waals surface area (Å²) in [6.07, 6.45) is 2.37. The Bertz CT molecular complexity index is 752. The van der Waals surface area contributed by atoms with Gasteiger partial charge in [-0.05, 0) is 29.8 Å². The minimum absolute atomic E-state index is 0.0426. The third kappa shape index (κ3) is 4.78. The van der Waals surface area contributed by atoms with Gasteiger partial charge in [0.05, 0.1) is 0 Å². The van der Waals surface area contributed by atoms with Gasteiger partial charge in [-0.3, -0.25) is 9.78 Å². The van der Waals surface area contributed by atoms with Crippen LogP contribution in [-0.2, 0) is 17.8 Å². The lowest BCUT2D eigenvalue weighted by molar-refractivity contribution is -0.121. The quantitative estimate of drug-likeness (QED) is 0.823. The third-order valence-electron chi connectivity index (χ3n) is 4.23. The smallest absolute Gasteiger partial charge is 0.320 e. The number of aromatic nitrogens is 1. The molecule has 7 heteroatoms. The molecular formula is C19H21FN4O2. The molecule has 26 heavy (non-hydrogen) atoms. The maximum atomic E-state index is 13.0. The minimum Gasteiger partial charge on any atom is -0.354 e. The molecule has 136 valence electrons. The molecule has 1 aliphatic rings. The van der Waals surface area contributed by atoms with E-state index in [1.807, 2.05) is 18.2 Å². The fourth-order valence-electron chi connectivity index (χ4n) is 2.84. The molecule has 1 aromatic heterocycles. The summed E-state index contributed by atoms with van der Waals surface area (Å²) in [5.41, 5.74) is 1.77. The zero-order valence-corrected chi connectivity index (χ0v) is 14.4. The van der Waals surface area contributed by atoms with Crippen LogP contribution in [-0.4, -0.2) is 52.9 Å². The summed E-state index contributed by atoms with van der Waals surface area (Å²) in [4.78, 5) is 31.8. The first kappa shape index (κ1) is 17.8. The van der Waals surface area contributed by atoms with E-state index in [0.717, 1.165) is 11.3 Å². The van der Waals surface area contributed by atoms with Gasteiger partial charge in [0.2, 0.25) is 5.91 Å². The van der Waals surface area contributed by atoms with Crippen LogP contribution in [0.2, 0.25) is 0 Å². The van der Waals surface area contributed by atoms with E-state index in [1.165, 1.54) is 17.0 Å². The number of carbonyl (C=O) groups is 2. The summed E-state index contributed by atoms with van der Waals surface area (Å²) in [7, 11) is 0. The highest BCUT2D eigenvalue weighted by Gasteiger charge is 2.29. The van der Waals surface area contributed by atoms with E-state index in [-0.39, 0.29) is 24.3 Å². The van der Waals surface area contributed by atoms with Gasteiger partial charge in [-0.1, -0.05) is 18.2 Å². The number of carbonyl (C=O) groups excluding carboxylic acids is 2. The SMILES string of the molecule is O=C(CN1CCN(Cc2ccc(F)cc2)C1=O)NCCc1ccccn1. The fraction of sp³-hybridized carbons (Fsp3) is 0.316. The number of rotatable bonds is 7. The van der Waals surface area contributed by atoms with Crippen LogP contribution in [0.4, 0.5) is 9.18 Å². The molecule has 2 aromatic rings. The van der Waals surface area contributed by atoms with E-state index in [2.05, 4.69) is 10.3 Å². The van der Waals surface area contributed by atoms with Crippen LogP contribution in [0.1, 0.15) is 11.3 Å². The second-order valence-corrected chi connectivity index (χ2v) is 6.17. The number of nitrogens with one attached hydrogen (secondary N) is 1. The summed E-state index contributed by atoms with van der Waals surface area (Å²) in [6, 6.07) is 11.6. The van der Waals surface area contributed by atoms with E-state index in [0.29, 0.717) is 32.6 Å². The van der Waals surface area contributed by atoms with Gasteiger partial charge in [-0.15, -0.1) is 0 Å². The second-order valence-electron chi connectivity index (χ2n) is 6.17. The van der Waals surface area contributed by atoms with E-state index < -0.39 is 0 Å². The first-order chi connectivity index (χ1) is 12.6. The molecule has 3 amide bonds. The predicted molar refractivity (Wildman–Crippen MR) is 94.7 cm³/mol. The molecule has 1 fully saturated rings. The molecule has 0 spiro atoms. The zero-order chi connectivity index (χ0) is 18.4. The number of hydrogen-bond donors (Lipinski definition) is 1. The highest BCUT2D eigenvalue weighted by atomic mass is 19.1. The molecule has 0 saturated carbocycles. The van der Waals surface area contributed by atoms with Gasteiger partial charge < -0.3 is 15.1 Å². The first-order valence-corrected chi connectivity index (χ1v) is 8.57. The van der Waals surface area contributed by atoms with Crippen molar-refractivity contribution < 1.29 is 14.0 Å². The minimum atomic E-state index is -0.300. The molecule has 2 heterocycles. The van der Waals surface area contributed by atoms with Crippen molar-refractivity contribution in [2.75, 3.05) is 26.2 Å². The van der Waals surface area contributed by atoms with Gasteiger partial charge in [0.15, 0.2) is 0 Å². The normalized spacial score (nSPS) is 14.0. The van der Waals surface area contributed by atoms with E-state index >= 15 is 0 Å². The number of nitrogens with zero attached hydrogens (tertiary/aromatic N) is 3. The molecule has 1 saturated heterocycles. The maximum Gasteiger partial charge on any atom is 0.320 e. The number of pyridine rings is 1. The molecule has 1 aliphatic heterocycles. The van der Waals surface area contributed by atoms with Crippen molar-refractivity contribution in [3.63, 3.8) is 0 Å². The van der Waals surface area contributed by atoms with Gasteiger partial charge in [0.25, 0.3) is 0 Å². The standard InChI is InChI=1S/C19H21FN4O2/c20-16-6-4-15(5-7-16)13-23-11-12-24(19(23)26)14-18(25)22-10-8-17-3-1-2-9-21-17/h1-7,9H,8,10-14H2,(H,22,25). The molecule has 0 unspecified atom stereocenters. The highest BCUT2D eigenvalue weighted by Crippen LogP contribution is 2.13. The van der Waals surface area contributed by atoms with Gasteiger partial charge >= 0.3 is 6.03 Å².